The van der Waals surface area contributed by atoms with Crippen LogP contribution in [0.25, 0.3) is 6.08 Å². The lowest BCUT2D eigenvalue weighted by atomic mass is 9.91. The number of ether oxygens (including phenoxy) is 2. The van der Waals surface area contributed by atoms with Gasteiger partial charge in [0.05, 0.1) is 20.3 Å². The maximum absolute atomic E-state index is 6.12. The number of hydrogen-bond acceptors (Lipinski definition) is 4. The molecule has 0 aliphatic carbocycles. The summed E-state index contributed by atoms with van der Waals surface area (Å²) in [6.07, 6.45) is 3.96. The van der Waals surface area contributed by atoms with Crippen molar-refractivity contribution in [2.24, 2.45) is 0 Å². The molecule has 21 heavy (non-hydrogen) atoms. The zero-order chi connectivity index (χ0) is 14.8. The van der Waals surface area contributed by atoms with Gasteiger partial charge in [0.1, 0.15) is 0 Å². The highest BCUT2D eigenvalue weighted by molar-refractivity contribution is 5.66. The molecule has 1 aliphatic heterocycles. The van der Waals surface area contributed by atoms with Gasteiger partial charge in [0.25, 0.3) is 0 Å². The van der Waals surface area contributed by atoms with Crippen LogP contribution in [0.2, 0.25) is 0 Å². The fourth-order valence-corrected chi connectivity index (χ4v) is 2.66. The maximum atomic E-state index is 6.12. The van der Waals surface area contributed by atoms with Gasteiger partial charge in [-0.25, -0.2) is 0 Å². The van der Waals surface area contributed by atoms with Gasteiger partial charge in [-0.05, 0) is 41.6 Å². The van der Waals surface area contributed by atoms with Crippen LogP contribution >= 0.6 is 0 Å². The molecular formula is C17H18N2O2. The summed E-state index contributed by atoms with van der Waals surface area (Å²) < 4.78 is 10.8. The molecule has 0 aromatic heterocycles. The zero-order valence-electron chi connectivity index (χ0n) is 12.1. The molecule has 0 saturated heterocycles. The molecular weight excluding hydrogens is 264 g/mol. The van der Waals surface area contributed by atoms with E-state index >= 15 is 0 Å². The second-order valence-electron chi connectivity index (χ2n) is 4.90. The van der Waals surface area contributed by atoms with Crippen molar-refractivity contribution in [1.29, 1.82) is 0 Å². The van der Waals surface area contributed by atoms with Crippen LogP contribution in [0.15, 0.2) is 42.6 Å². The third-order valence-electron chi connectivity index (χ3n) is 3.73. The summed E-state index contributed by atoms with van der Waals surface area (Å²) in [7, 11) is 3.28. The van der Waals surface area contributed by atoms with E-state index in [1.54, 1.807) is 14.2 Å². The topological polar surface area (TPSA) is 56.5 Å². The molecule has 3 N–H and O–H groups in total. The molecule has 1 unspecified atom stereocenters. The predicted molar refractivity (Wildman–Crippen MR) is 84.4 cm³/mol. The van der Waals surface area contributed by atoms with Gasteiger partial charge >= 0.3 is 0 Å². The molecule has 3 rings (SSSR count). The van der Waals surface area contributed by atoms with Crippen molar-refractivity contribution in [3.63, 3.8) is 0 Å². The number of rotatable bonds is 3. The first-order valence-corrected chi connectivity index (χ1v) is 6.77. The standard InChI is InChI=1S/C17H18N2O2/c1-20-15-9-11-7-8-19-17(13(11)10-16(15)21-2)12-5-3-4-6-14(12)18/h3-10,17,19H,18H2,1-2H3. The summed E-state index contributed by atoms with van der Waals surface area (Å²) in [5.41, 5.74) is 10.2. The largest absolute Gasteiger partial charge is 0.493 e. The summed E-state index contributed by atoms with van der Waals surface area (Å²) in [5, 5.41) is 3.36. The molecule has 0 radical (unpaired) electrons. The Balaban J connectivity index is 2.14. The number of benzene rings is 2. The van der Waals surface area contributed by atoms with Gasteiger partial charge in [0, 0.05) is 11.3 Å². The average Bonchev–Trinajstić information content (AvgIpc) is 2.53. The number of hydrogen-bond donors (Lipinski definition) is 2. The zero-order valence-corrected chi connectivity index (χ0v) is 12.1. The van der Waals surface area contributed by atoms with Crippen molar-refractivity contribution in [1.82, 2.24) is 5.32 Å². The molecule has 108 valence electrons. The molecule has 0 amide bonds. The van der Waals surface area contributed by atoms with Gasteiger partial charge in [-0.2, -0.15) is 0 Å². The van der Waals surface area contributed by atoms with Gasteiger partial charge < -0.3 is 20.5 Å². The predicted octanol–water partition coefficient (Wildman–Crippen LogP) is 2.95. The first kappa shape index (κ1) is 13.4. The summed E-state index contributed by atoms with van der Waals surface area (Å²) in [4.78, 5) is 0. The maximum Gasteiger partial charge on any atom is 0.161 e. The van der Waals surface area contributed by atoms with E-state index in [1.165, 1.54) is 0 Å². The molecule has 1 atom stereocenters. The van der Waals surface area contributed by atoms with Gasteiger partial charge in [0.15, 0.2) is 11.5 Å². The molecule has 0 spiro atoms. The molecule has 0 bridgehead atoms. The first-order valence-electron chi connectivity index (χ1n) is 6.77. The smallest absolute Gasteiger partial charge is 0.161 e. The Hall–Kier alpha value is -2.62. The van der Waals surface area contributed by atoms with Gasteiger partial charge in [0.2, 0.25) is 0 Å². The number of nitrogens with one attached hydrogen (secondary N) is 1. The Kier molecular flexibility index (Phi) is 3.44. The minimum absolute atomic E-state index is 0.00556. The van der Waals surface area contributed by atoms with Gasteiger partial charge in [-0.15, -0.1) is 0 Å². The highest BCUT2D eigenvalue weighted by Crippen LogP contribution is 2.38. The third-order valence-corrected chi connectivity index (χ3v) is 3.73. The highest BCUT2D eigenvalue weighted by Gasteiger charge is 2.22. The lowest BCUT2D eigenvalue weighted by Gasteiger charge is -2.26. The summed E-state index contributed by atoms with van der Waals surface area (Å²) in [6.45, 7) is 0. The monoisotopic (exact) mass is 282 g/mol. The van der Waals surface area contributed by atoms with E-state index in [0.717, 1.165) is 28.1 Å². The van der Waals surface area contributed by atoms with E-state index in [4.69, 9.17) is 15.2 Å². The molecule has 2 aromatic carbocycles. The van der Waals surface area contributed by atoms with E-state index in [0.29, 0.717) is 5.75 Å². The second kappa shape index (κ2) is 5.40. The van der Waals surface area contributed by atoms with E-state index in [2.05, 4.69) is 5.32 Å². The highest BCUT2D eigenvalue weighted by atomic mass is 16.5. The van der Waals surface area contributed by atoms with Gasteiger partial charge in [-0.1, -0.05) is 18.2 Å². The van der Waals surface area contributed by atoms with Crippen molar-refractivity contribution in [2.75, 3.05) is 20.0 Å². The Morgan fingerprint density at radius 2 is 1.71 bits per heavy atom. The molecule has 4 heteroatoms. The lowest BCUT2D eigenvalue weighted by molar-refractivity contribution is 0.354. The van der Waals surface area contributed by atoms with Crippen LogP contribution in [-0.4, -0.2) is 14.2 Å². The average molecular weight is 282 g/mol. The van der Waals surface area contributed by atoms with E-state index < -0.39 is 0 Å². The van der Waals surface area contributed by atoms with Crippen LogP contribution in [0.4, 0.5) is 5.69 Å². The number of nitrogen functional groups attached to an aromatic ring is 1. The third kappa shape index (κ3) is 2.29. The van der Waals surface area contributed by atoms with Crippen molar-refractivity contribution < 1.29 is 9.47 Å². The Labute approximate surface area is 124 Å². The molecule has 0 fully saturated rings. The Bertz CT molecular complexity index is 695. The van der Waals surface area contributed by atoms with Crippen molar-refractivity contribution in [3.05, 3.63) is 59.3 Å². The summed E-state index contributed by atoms with van der Waals surface area (Å²) in [5.74, 6) is 1.44. The van der Waals surface area contributed by atoms with Crippen molar-refractivity contribution in [3.8, 4) is 11.5 Å². The number of fused-ring (bicyclic) bond motifs is 1. The Morgan fingerprint density at radius 1 is 1.00 bits per heavy atom. The SMILES string of the molecule is COc1cc2c(cc1OC)C(c1ccccc1N)NC=C2. The minimum Gasteiger partial charge on any atom is -0.493 e. The Morgan fingerprint density at radius 3 is 2.43 bits per heavy atom. The summed E-state index contributed by atoms with van der Waals surface area (Å²) in [6, 6.07) is 11.9. The number of anilines is 1. The van der Waals surface area contributed by atoms with Crippen LogP contribution in [-0.2, 0) is 0 Å². The number of methoxy groups -OCH3 is 2. The van der Waals surface area contributed by atoms with Crippen molar-refractivity contribution >= 4 is 11.8 Å². The number of nitrogens with two attached hydrogens (primary N) is 1. The molecule has 2 aromatic rings. The van der Waals surface area contributed by atoms with Crippen molar-refractivity contribution in [2.45, 2.75) is 6.04 Å². The van der Waals surface area contributed by atoms with E-state index in [-0.39, 0.29) is 6.04 Å². The van der Waals surface area contributed by atoms with Crippen LogP contribution in [0.3, 0.4) is 0 Å². The van der Waals surface area contributed by atoms with E-state index in [1.807, 2.05) is 48.7 Å². The molecule has 1 aliphatic rings. The summed E-state index contributed by atoms with van der Waals surface area (Å²) >= 11 is 0. The van der Waals surface area contributed by atoms with Crippen LogP contribution < -0.4 is 20.5 Å². The van der Waals surface area contributed by atoms with E-state index in [9.17, 15) is 0 Å². The molecule has 0 saturated carbocycles. The second-order valence-corrected chi connectivity index (χ2v) is 4.90. The number of para-hydroxylation sites is 1. The van der Waals surface area contributed by atoms with Crippen LogP contribution in [0.1, 0.15) is 22.7 Å². The lowest BCUT2D eigenvalue weighted by Crippen LogP contribution is -2.22. The van der Waals surface area contributed by atoms with Crippen LogP contribution in [0, 0.1) is 0 Å². The minimum atomic E-state index is 0.00556. The molecule has 1 heterocycles. The molecule has 4 nitrogen and oxygen atoms in total. The van der Waals surface area contributed by atoms with Gasteiger partial charge in [-0.3, -0.25) is 0 Å². The fraction of sp³-hybridized carbons (Fsp3) is 0.176. The quantitative estimate of drug-likeness (QED) is 0.850. The normalized spacial score (nSPS) is 16.0. The van der Waals surface area contributed by atoms with Crippen LogP contribution in [0.5, 0.6) is 11.5 Å². The fourth-order valence-electron chi connectivity index (χ4n) is 2.66. The first-order chi connectivity index (χ1) is 10.2.